The Labute approximate surface area is 142 Å². The fourth-order valence-corrected chi connectivity index (χ4v) is 2.47. The number of hydrogen-bond acceptors (Lipinski definition) is 7. The Morgan fingerprint density at radius 3 is 2.29 bits per heavy atom. The number of anilines is 1. The van der Waals surface area contributed by atoms with E-state index in [1.807, 2.05) is 30.6 Å². The van der Waals surface area contributed by atoms with Gasteiger partial charge in [0.05, 0.1) is 13.1 Å². The van der Waals surface area contributed by atoms with Crippen LogP contribution in [0.2, 0.25) is 0 Å². The summed E-state index contributed by atoms with van der Waals surface area (Å²) in [4.78, 5) is 27.9. The average Bonchev–Trinajstić information content (AvgIpc) is 2.84. The van der Waals surface area contributed by atoms with Crippen molar-refractivity contribution in [2.45, 2.75) is 33.3 Å². The normalized spacial score (nSPS) is 16.8. The van der Waals surface area contributed by atoms with Gasteiger partial charge in [-0.15, -0.1) is 0 Å². The highest BCUT2D eigenvalue weighted by Gasteiger charge is 2.23. The third-order valence-corrected chi connectivity index (χ3v) is 3.50. The quantitative estimate of drug-likeness (QED) is 0.797. The van der Waals surface area contributed by atoms with Crippen LogP contribution in [0, 0.1) is 6.92 Å². The van der Waals surface area contributed by atoms with Gasteiger partial charge in [0.2, 0.25) is 5.91 Å². The Morgan fingerprint density at radius 2 is 1.79 bits per heavy atom. The van der Waals surface area contributed by atoms with E-state index in [0.717, 1.165) is 26.2 Å². The maximum absolute atomic E-state index is 12.0. The molecule has 8 heteroatoms. The zero-order valence-corrected chi connectivity index (χ0v) is 14.8. The minimum Gasteiger partial charge on any atom is -0.459 e. The zero-order chi connectivity index (χ0) is 17.7. The molecule has 1 amide bonds. The fraction of sp³-hybridized carbons (Fsp3) is 0.688. The highest BCUT2D eigenvalue weighted by atomic mass is 16.6. The molecule has 1 fully saturated rings. The molecule has 1 aliphatic rings. The number of amides is 1. The summed E-state index contributed by atoms with van der Waals surface area (Å²) in [6.07, 6.45) is 0. The topological polar surface area (TPSA) is 87.9 Å². The largest absolute Gasteiger partial charge is 0.459 e. The van der Waals surface area contributed by atoms with Gasteiger partial charge < -0.3 is 14.6 Å². The lowest BCUT2D eigenvalue weighted by Gasteiger charge is -2.34. The van der Waals surface area contributed by atoms with E-state index in [4.69, 9.17) is 9.26 Å². The predicted molar refractivity (Wildman–Crippen MR) is 88.6 cm³/mol. The molecule has 134 valence electrons. The van der Waals surface area contributed by atoms with Gasteiger partial charge in [-0.25, -0.2) is 0 Å². The second-order valence-electron chi connectivity index (χ2n) is 7.01. The van der Waals surface area contributed by atoms with Gasteiger partial charge in [0.1, 0.15) is 11.4 Å². The first-order valence-electron chi connectivity index (χ1n) is 8.11. The molecular weight excluding hydrogens is 312 g/mol. The molecule has 24 heavy (non-hydrogen) atoms. The first-order chi connectivity index (χ1) is 11.2. The smallest absolute Gasteiger partial charge is 0.320 e. The minimum atomic E-state index is -0.462. The Hall–Kier alpha value is -1.93. The van der Waals surface area contributed by atoms with Crippen molar-refractivity contribution in [3.8, 4) is 0 Å². The van der Waals surface area contributed by atoms with E-state index < -0.39 is 5.60 Å². The SMILES string of the molecule is Cc1cc(NC(=O)CN2CCN(CC(=O)OC(C)(C)C)CC2)no1. The van der Waals surface area contributed by atoms with E-state index in [0.29, 0.717) is 18.1 Å². The van der Waals surface area contributed by atoms with Crippen LogP contribution in [0.25, 0.3) is 0 Å². The van der Waals surface area contributed by atoms with Gasteiger partial charge in [-0.05, 0) is 27.7 Å². The van der Waals surface area contributed by atoms with Gasteiger partial charge in [-0.3, -0.25) is 19.4 Å². The van der Waals surface area contributed by atoms with Crippen molar-refractivity contribution in [1.82, 2.24) is 15.0 Å². The molecule has 2 heterocycles. The molecule has 1 aromatic heterocycles. The number of nitrogens with zero attached hydrogens (tertiary/aromatic N) is 3. The van der Waals surface area contributed by atoms with Crippen molar-refractivity contribution >= 4 is 17.7 Å². The van der Waals surface area contributed by atoms with Crippen molar-refractivity contribution in [3.05, 3.63) is 11.8 Å². The van der Waals surface area contributed by atoms with Crippen LogP contribution in [-0.4, -0.2) is 71.7 Å². The van der Waals surface area contributed by atoms with Crippen LogP contribution < -0.4 is 5.32 Å². The van der Waals surface area contributed by atoms with Gasteiger partial charge >= 0.3 is 5.97 Å². The van der Waals surface area contributed by atoms with Gasteiger partial charge in [-0.2, -0.15) is 0 Å². The highest BCUT2D eigenvalue weighted by Crippen LogP contribution is 2.10. The summed E-state index contributed by atoms with van der Waals surface area (Å²) in [5, 5.41) is 6.44. The van der Waals surface area contributed by atoms with Crippen LogP contribution in [0.4, 0.5) is 5.82 Å². The molecule has 1 N–H and O–H groups in total. The Balaban J connectivity index is 1.69. The van der Waals surface area contributed by atoms with Crippen molar-refractivity contribution in [3.63, 3.8) is 0 Å². The first-order valence-corrected chi connectivity index (χ1v) is 8.11. The lowest BCUT2D eigenvalue weighted by Crippen LogP contribution is -2.50. The van der Waals surface area contributed by atoms with Crippen molar-refractivity contribution < 1.29 is 18.8 Å². The van der Waals surface area contributed by atoms with E-state index in [-0.39, 0.29) is 18.4 Å². The summed E-state index contributed by atoms with van der Waals surface area (Å²) in [6, 6.07) is 1.68. The zero-order valence-electron chi connectivity index (χ0n) is 14.8. The summed E-state index contributed by atoms with van der Waals surface area (Å²) in [5.74, 6) is 0.751. The Morgan fingerprint density at radius 1 is 1.21 bits per heavy atom. The number of nitrogens with one attached hydrogen (secondary N) is 1. The maximum Gasteiger partial charge on any atom is 0.320 e. The number of piperazine rings is 1. The molecule has 0 saturated carbocycles. The molecule has 0 bridgehead atoms. The maximum atomic E-state index is 12.0. The molecule has 2 rings (SSSR count). The molecule has 8 nitrogen and oxygen atoms in total. The molecule has 1 aromatic rings. The number of aromatic nitrogens is 1. The molecule has 0 aliphatic carbocycles. The highest BCUT2D eigenvalue weighted by molar-refractivity contribution is 5.91. The molecule has 1 saturated heterocycles. The number of aryl methyl sites for hydroxylation is 1. The number of ether oxygens (including phenoxy) is 1. The second kappa shape index (κ2) is 7.76. The van der Waals surface area contributed by atoms with Gasteiger partial charge in [-0.1, -0.05) is 5.16 Å². The van der Waals surface area contributed by atoms with E-state index in [9.17, 15) is 9.59 Å². The van der Waals surface area contributed by atoms with Crippen LogP contribution in [0.15, 0.2) is 10.6 Å². The Bertz CT molecular complexity index is 571. The van der Waals surface area contributed by atoms with Gasteiger partial charge in [0, 0.05) is 32.2 Å². The van der Waals surface area contributed by atoms with Crippen LogP contribution in [0.5, 0.6) is 0 Å². The van der Waals surface area contributed by atoms with Crippen molar-refractivity contribution in [1.29, 1.82) is 0 Å². The molecule has 0 spiro atoms. The fourth-order valence-electron chi connectivity index (χ4n) is 2.47. The molecule has 1 aliphatic heterocycles. The van der Waals surface area contributed by atoms with Crippen LogP contribution in [0.3, 0.4) is 0 Å². The van der Waals surface area contributed by atoms with E-state index in [2.05, 4.69) is 10.5 Å². The standard InChI is InChI=1S/C16H26N4O4/c1-12-9-13(18-24-12)17-14(21)10-19-5-7-20(8-6-19)11-15(22)23-16(2,3)4/h9H,5-8,10-11H2,1-4H3,(H,17,18,21). The molecule has 0 radical (unpaired) electrons. The number of carbonyl (C=O) groups is 2. The summed E-state index contributed by atoms with van der Waals surface area (Å²) in [6.45, 7) is 10.9. The van der Waals surface area contributed by atoms with Crippen LogP contribution in [0.1, 0.15) is 26.5 Å². The number of esters is 1. The number of carbonyl (C=O) groups excluding carboxylic acids is 2. The second-order valence-corrected chi connectivity index (χ2v) is 7.01. The lowest BCUT2D eigenvalue weighted by atomic mass is 10.2. The van der Waals surface area contributed by atoms with Gasteiger partial charge in [0.25, 0.3) is 0 Å². The third kappa shape index (κ3) is 6.29. The average molecular weight is 338 g/mol. The minimum absolute atomic E-state index is 0.121. The third-order valence-electron chi connectivity index (χ3n) is 3.50. The first kappa shape index (κ1) is 18.4. The Kier molecular flexibility index (Phi) is 5.95. The van der Waals surface area contributed by atoms with Crippen molar-refractivity contribution in [2.24, 2.45) is 0 Å². The molecule has 0 aromatic carbocycles. The monoisotopic (exact) mass is 338 g/mol. The summed E-state index contributed by atoms with van der Waals surface area (Å²) < 4.78 is 10.2. The predicted octanol–water partition coefficient (Wildman–Crippen LogP) is 0.881. The molecular formula is C16H26N4O4. The summed E-state index contributed by atoms with van der Waals surface area (Å²) in [5.41, 5.74) is -0.462. The van der Waals surface area contributed by atoms with Crippen LogP contribution in [-0.2, 0) is 14.3 Å². The van der Waals surface area contributed by atoms with Crippen LogP contribution >= 0.6 is 0 Å². The van der Waals surface area contributed by atoms with E-state index in [1.165, 1.54) is 0 Å². The number of rotatable bonds is 5. The van der Waals surface area contributed by atoms with E-state index >= 15 is 0 Å². The summed E-state index contributed by atoms with van der Waals surface area (Å²) >= 11 is 0. The van der Waals surface area contributed by atoms with Crippen molar-refractivity contribution in [2.75, 3.05) is 44.6 Å². The number of hydrogen-bond donors (Lipinski definition) is 1. The molecule has 0 atom stereocenters. The molecule has 0 unspecified atom stereocenters. The lowest BCUT2D eigenvalue weighted by molar-refractivity contribution is -0.156. The summed E-state index contributed by atoms with van der Waals surface area (Å²) in [7, 11) is 0. The van der Waals surface area contributed by atoms with Gasteiger partial charge in [0.15, 0.2) is 5.82 Å². The van der Waals surface area contributed by atoms with E-state index in [1.54, 1.807) is 13.0 Å².